The average Bonchev–Trinajstić information content (AvgIpc) is 3.84. The lowest BCUT2D eigenvalue weighted by Crippen LogP contribution is -2.48. The number of anilines is 2. The van der Waals surface area contributed by atoms with E-state index >= 15 is 13.2 Å². The number of piperazine rings is 1. The van der Waals surface area contributed by atoms with E-state index in [0.717, 1.165) is 44.1 Å². The highest BCUT2D eigenvalue weighted by atomic mass is 19.3. The van der Waals surface area contributed by atoms with Crippen LogP contribution in [0.5, 0.6) is 0 Å². The number of alkyl halides is 2. The molecule has 7 rings (SSSR count). The maximum Gasteiger partial charge on any atom is 0.352 e. The Morgan fingerprint density at radius 2 is 1.54 bits per heavy atom. The summed E-state index contributed by atoms with van der Waals surface area (Å²) in [5.41, 5.74) is -2.95. The summed E-state index contributed by atoms with van der Waals surface area (Å²) >= 11 is 0. The minimum atomic E-state index is -4.19. The standard InChI is InChI=1S/C37H36F5N11O3/c1-3-32(23(2)54)53-35(55)52(22-46-53)34-31(40)17-28(19-44-34)50-14-12-49(13-15-50)27-8-4-24(5-9-27)25-6-11-33(43-18-25)37(41,42)36(56,20-51-21-45-47-48-51)29-10-7-26(38)16-30(29)39/h4-11,16-19,21-23,32,54,56H,3,12-15,20H2,1-2H3. The number of nitrogens with zero attached hydrogens (tertiary/aromatic N) is 11. The summed E-state index contributed by atoms with van der Waals surface area (Å²) in [6.45, 7) is 4.71. The Balaban J connectivity index is 1.02. The SMILES string of the molecule is CCC(C(C)O)n1ncn(-c2ncc(N3CCN(c4ccc(-c5ccc(C(F)(F)C(O)(Cn6cnnn6)c6ccc(F)cc6F)nc5)cc4)CC3)cc2F)c1=O. The highest BCUT2D eigenvalue weighted by Crippen LogP contribution is 2.47. The van der Waals surface area contributed by atoms with Crippen LogP contribution in [0, 0.1) is 17.5 Å². The van der Waals surface area contributed by atoms with E-state index in [1.165, 1.54) is 30.9 Å². The number of aliphatic hydroxyl groups is 2. The molecule has 0 spiro atoms. The summed E-state index contributed by atoms with van der Waals surface area (Å²) in [6.07, 6.45) is 4.52. The third kappa shape index (κ3) is 7.10. The Labute approximate surface area is 316 Å². The number of halogens is 5. The molecule has 2 aromatic carbocycles. The van der Waals surface area contributed by atoms with Gasteiger partial charge in [-0.1, -0.05) is 25.1 Å². The molecule has 1 saturated heterocycles. The van der Waals surface area contributed by atoms with Crippen LogP contribution < -0.4 is 15.5 Å². The summed E-state index contributed by atoms with van der Waals surface area (Å²) < 4.78 is 79.1. The average molecular weight is 778 g/mol. The van der Waals surface area contributed by atoms with Crippen molar-refractivity contribution in [2.45, 2.75) is 50.5 Å². The van der Waals surface area contributed by atoms with E-state index in [0.29, 0.717) is 55.5 Å². The molecule has 14 nitrogen and oxygen atoms in total. The number of aromatic nitrogens is 9. The van der Waals surface area contributed by atoms with Crippen molar-refractivity contribution in [3.63, 3.8) is 0 Å². The smallest absolute Gasteiger partial charge is 0.352 e. The first kappa shape index (κ1) is 38.2. The van der Waals surface area contributed by atoms with Gasteiger partial charge in [-0.25, -0.2) is 36.9 Å². The molecule has 0 amide bonds. The third-order valence-electron chi connectivity index (χ3n) is 9.99. The van der Waals surface area contributed by atoms with Gasteiger partial charge in [0.2, 0.25) is 0 Å². The Kier molecular flexibility index (Phi) is 10.4. The van der Waals surface area contributed by atoms with Crippen molar-refractivity contribution in [1.29, 1.82) is 0 Å². The molecule has 0 saturated carbocycles. The predicted octanol–water partition coefficient (Wildman–Crippen LogP) is 4.23. The summed E-state index contributed by atoms with van der Waals surface area (Å²) in [4.78, 5) is 25.2. The van der Waals surface area contributed by atoms with Crippen molar-refractivity contribution >= 4 is 11.4 Å². The molecule has 1 aliphatic rings. The fourth-order valence-corrected chi connectivity index (χ4v) is 6.89. The molecule has 2 N–H and O–H groups in total. The number of benzene rings is 2. The Morgan fingerprint density at radius 3 is 2.12 bits per heavy atom. The number of tetrazole rings is 1. The first-order valence-electron chi connectivity index (χ1n) is 17.6. The Bertz CT molecular complexity index is 2350. The van der Waals surface area contributed by atoms with Crippen LogP contribution in [0.25, 0.3) is 16.9 Å². The van der Waals surface area contributed by atoms with Gasteiger partial charge in [0.15, 0.2) is 17.2 Å². The van der Waals surface area contributed by atoms with E-state index in [-0.39, 0.29) is 5.82 Å². The van der Waals surface area contributed by atoms with Crippen molar-refractivity contribution in [3.8, 4) is 16.9 Å². The Morgan fingerprint density at radius 1 is 0.839 bits per heavy atom. The maximum absolute atomic E-state index is 16.2. The predicted molar refractivity (Wildman–Crippen MR) is 193 cm³/mol. The van der Waals surface area contributed by atoms with Crippen molar-refractivity contribution in [2.24, 2.45) is 0 Å². The lowest BCUT2D eigenvalue weighted by molar-refractivity contribution is -0.207. The van der Waals surface area contributed by atoms with Gasteiger partial charge in [0, 0.05) is 61.3 Å². The first-order chi connectivity index (χ1) is 26.8. The van der Waals surface area contributed by atoms with Gasteiger partial charge in [0.1, 0.15) is 30.0 Å². The maximum atomic E-state index is 16.2. The molecule has 1 aliphatic heterocycles. The van der Waals surface area contributed by atoms with Crippen LogP contribution in [0.4, 0.5) is 33.3 Å². The van der Waals surface area contributed by atoms with E-state index in [9.17, 15) is 23.8 Å². The van der Waals surface area contributed by atoms with Crippen LogP contribution in [0.2, 0.25) is 0 Å². The molecule has 6 aromatic rings. The van der Waals surface area contributed by atoms with Gasteiger partial charge in [-0.3, -0.25) is 4.98 Å². The minimum Gasteiger partial charge on any atom is -0.391 e. The number of pyridine rings is 2. The van der Waals surface area contributed by atoms with Crippen LogP contribution in [-0.4, -0.2) is 87.0 Å². The van der Waals surface area contributed by atoms with E-state index < -0.39 is 64.6 Å². The van der Waals surface area contributed by atoms with Crippen molar-refractivity contribution in [3.05, 3.63) is 125 Å². The first-order valence-corrected chi connectivity index (χ1v) is 17.6. The lowest BCUT2D eigenvalue weighted by Gasteiger charge is -2.37. The van der Waals surface area contributed by atoms with Gasteiger partial charge in [-0.15, -0.1) is 5.10 Å². The number of hydrogen-bond acceptors (Lipinski definition) is 11. The van der Waals surface area contributed by atoms with Crippen LogP contribution in [0.1, 0.15) is 37.6 Å². The molecule has 292 valence electrons. The minimum absolute atomic E-state index is 0.189. The van der Waals surface area contributed by atoms with E-state index in [1.54, 1.807) is 6.92 Å². The zero-order chi connectivity index (χ0) is 39.8. The monoisotopic (exact) mass is 777 g/mol. The molecule has 0 bridgehead atoms. The highest BCUT2D eigenvalue weighted by molar-refractivity contribution is 5.66. The van der Waals surface area contributed by atoms with Crippen molar-refractivity contribution < 1.29 is 32.2 Å². The molecule has 4 aromatic heterocycles. The summed E-state index contributed by atoms with van der Waals surface area (Å²) in [5.74, 6) is -7.45. The molecule has 3 unspecified atom stereocenters. The summed E-state index contributed by atoms with van der Waals surface area (Å²) in [6, 6.07) is 12.5. The molecule has 1 fully saturated rings. The summed E-state index contributed by atoms with van der Waals surface area (Å²) in [7, 11) is 0. The molecule has 5 heterocycles. The van der Waals surface area contributed by atoms with Crippen LogP contribution in [0.3, 0.4) is 0 Å². The molecule has 19 heteroatoms. The fraction of sp³-hybridized carbons (Fsp3) is 0.324. The molecular formula is C37H36F5N11O3. The second-order valence-corrected chi connectivity index (χ2v) is 13.5. The molecular weight excluding hydrogens is 741 g/mol. The zero-order valence-corrected chi connectivity index (χ0v) is 30.1. The zero-order valence-electron chi connectivity index (χ0n) is 30.1. The van der Waals surface area contributed by atoms with E-state index in [2.05, 4.69) is 35.5 Å². The van der Waals surface area contributed by atoms with Gasteiger partial charge in [-0.05, 0) is 59.7 Å². The second-order valence-electron chi connectivity index (χ2n) is 13.5. The molecule has 0 aliphatic carbocycles. The van der Waals surface area contributed by atoms with Gasteiger partial charge < -0.3 is 20.0 Å². The number of hydrogen-bond donors (Lipinski definition) is 2. The molecule has 3 atom stereocenters. The van der Waals surface area contributed by atoms with Gasteiger partial charge in [-0.2, -0.15) is 13.9 Å². The lowest BCUT2D eigenvalue weighted by atomic mass is 9.84. The number of rotatable bonds is 12. The topological polar surface area (TPSA) is 156 Å². The van der Waals surface area contributed by atoms with E-state index in [1.807, 2.05) is 36.1 Å². The van der Waals surface area contributed by atoms with Gasteiger partial charge in [0.05, 0.1) is 30.6 Å². The van der Waals surface area contributed by atoms with Crippen molar-refractivity contribution in [2.75, 3.05) is 36.0 Å². The quantitative estimate of drug-likeness (QED) is 0.172. The molecule has 0 radical (unpaired) electrons. The fourth-order valence-electron chi connectivity index (χ4n) is 6.89. The van der Waals surface area contributed by atoms with Crippen LogP contribution in [0.15, 0.2) is 90.5 Å². The largest absolute Gasteiger partial charge is 0.391 e. The van der Waals surface area contributed by atoms with Gasteiger partial charge >= 0.3 is 11.6 Å². The normalized spacial score (nSPS) is 15.8. The Hall–Kier alpha value is -6.08. The van der Waals surface area contributed by atoms with Crippen LogP contribution in [-0.2, 0) is 18.1 Å². The van der Waals surface area contributed by atoms with E-state index in [4.69, 9.17) is 0 Å². The van der Waals surface area contributed by atoms with Crippen LogP contribution >= 0.6 is 0 Å². The van der Waals surface area contributed by atoms with Crippen molar-refractivity contribution in [1.82, 2.24) is 44.5 Å². The number of aliphatic hydroxyl groups excluding tert-OH is 1. The highest BCUT2D eigenvalue weighted by Gasteiger charge is 2.58. The molecule has 56 heavy (non-hydrogen) atoms. The third-order valence-corrected chi connectivity index (χ3v) is 9.99. The second kappa shape index (κ2) is 15.2. The summed E-state index contributed by atoms with van der Waals surface area (Å²) in [5, 5.41) is 35.8. The van der Waals surface area contributed by atoms with Gasteiger partial charge in [0.25, 0.3) is 0 Å².